The van der Waals surface area contributed by atoms with Gasteiger partial charge in [0.2, 0.25) is 0 Å². The van der Waals surface area contributed by atoms with Crippen molar-refractivity contribution in [1.82, 2.24) is 9.38 Å². The van der Waals surface area contributed by atoms with Crippen LogP contribution in [0.2, 0.25) is 0 Å². The molecule has 17 heavy (non-hydrogen) atoms. The van der Waals surface area contributed by atoms with E-state index in [4.69, 9.17) is 5.41 Å². The van der Waals surface area contributed by atoms with Crippen molar-refractivity contribution in [2.24, 2.45) is 0 Å². The molecule has 3 aromatic rings. The van der Waals surface area contributed by atoms with Gasteiger partial charge in [-0.1, -0.05) is 6.07 Å². The van der Waals surface area contributed by atoms with Crippen molar-refractivity contribution in [1.29, 1.82) is 5.41 Å². The molecule has 1 N–H and O–H groups in total. The molecule has 84 valence electrons. The predicted molar refractivity (Wildman–Crippen MR) is 70.3 cm³/mol. The topological polar surface area (TPSA) is 41.2 Å². The predicted octanol–water partition coefficient (Wildman–Crippen LogP) is 2.69. The van der Waals surface area contributed by atoms with Crippen molar-refractivity contribution >= 4 is 28.3 Å². The van der Waals surface area contributed by atoms with Gasteiger partial charge in [0.25, 0.3) is 0 Å². The van der Waals surface area contributed by atoms with Gasteiger partial charge in [-0.3, -0.25) is 9.81 Å². The van der Waals surface area contributed by atoms with Gasteiger partial charge in [-0.25, -0.2) is 4.98 Å². The van der Waals surface area contributed by atoms with E-state index < -0.39 is 0 Å². The summed E-state index contributed by atoms with van der Waals surface area (Å²) in [5.41, 5.74) is 2.17. The molecule has 0 saturated carbocycles. The Morgan fingerprint density at radius 3 is 2.94 bits per heavy atom. The van der Waals surface area contributed by atoms with E-state index in [0.717, 1.165) is 21.4 Å². The Hall–Kier alpha value is -1.81. The first-order valence-electron chi connectivity index (χ1n) is 5.29. The zero-order valence-electron chi connectivity index (χ0n) is 9.34. The molecule has 0 atom stereocenters. The molecule has 0 spiro atoms. The van der Waals surface area contributed by atoms with Crippen LogP contribution >= 0.6 is 11.8 Å². The summed E-state index contributed by atoms with van der Waals surface area (Å²) in [6.45, 7) is 0. The number of nitrogens with zero attached hydrogens (tertiary/aromatic N) is 2. The molecule has 3 rings (SSSR count). The Kier molecular flexibility index (Phi) is 2.37. The van der Waals surface area contributed by atoms with E-state index in [0.29, 0.717) is 5.49 Å². The highest BCUT2D eigenvalue weighted by atomic mass is 32.2. The zero-order chi connectivity index (χ0) is 11.8. The maximum absolute atomic E-state index is 8.22. The molecule has 2 heterocycles. The summed E-state index contributed by atoms with van der Waals surface area (Å²) in [6, 6.07) is 11.8. The molecule has 0 amide bonds. The van der Waals surface area contributed by atoms with E-state index in [1.807, 2.05) is 48.9 Å². The van der Waals surface area contributed by atoms with Gasteiger partial charge in [-0.15, -0.1) is 11.8 Å². The lowest BCUT2D eigenvalue weighted by atomic mass is 10.2. The first-order valence-corrected chi connectivity index (χ1v) is 6.52. The minimum Gasteiger partial charge on any atom is -0.286 e. The third kappa shape index (κ3) is 1.61. The number of thioether (sulfide) groups is 1. The Balaban J connectivity index is 2.51. The third-order valence-corrected chi connectivity index (χ3v) is 3.50. The smallest absolute Gasteiger partial charge is 0.140 e. The molecule has 0 aliphatic heterocycles. The largest absolute Gasteiger partial charge is 0.286 e. The van der Waals surface area contributed by atoms with Gasteiger partial charge in [0.15, 0.2) is 0 Å². The number of rotatable bonds is 1. The van der Waals surface area contributed by atoms with Crippen LogP contribution in [0.3, 0.4) is 0 Å². The van der Waals surface area contributed by atoms with E-state index >= 15 is 0 Å². The second kappa shape index (κ2) is 3.89. The molecule has 0 saturated heterocycles. The number of aromatic nitrogens is 2. The van der Waals surface area contributed by atoms with Crippen molar-refractivity contribution in [2.45, 2.75) is 4.90 Å². The molecule has 0 aliphatic rings. The summed E-state index contributed by atoms with van der Waals surface area (Å²) in [5, 5.41) is 9.11. The van der Waals surface area contributed by atoms with Crippen LogP contribution in [0.4, 0.5) is 0 Å². The molecule has 0 unspecified atom stereocenters. The van der Waals surface area contributed by atoms with Gasteiger partial charge in [-0.2, -0.15) is 0 Å². The number of hydrogen-bond acceptors (Lipinski definition) is 3. The highest BCUT2D eigenvalue weighted by molar-refractivity contribution is 7.98. The van der Waals surface area contributed by atoms with Crippen LogP contribution in [0.25, 0.3) is 16.6 Å². The molecule has 2 aromatic heterocycles. The second-order valence-electron chi connectivity index (χ2n) is 3.77. The third-order valence-electron chi connectivity index (χ3n) is 2.77. The summed E-state index contributed by atoms with van der Waals surface area (Å²) in [6.07, 6.45) is 3.91. The minimum atomic E-state index is 0.488. The van der Waals surface area contributed by atoms with Crippen molar-refractivity contribution in [3.63, 3.8) is 0 Å². The Morgan fingerprint density at radius 2 is 2.12 bits per heavy atom. The summed E-state index contributed by atoms with van der Waals surface area (Å²) in [5.74, 6) is 0. The number of fused-ring (bicyclic) bond motifs is 2. The highest BCUT2D eigenvalue weighted by Gasteiger charge is 2.02. The lowest BCUT2D eigenvalue weighted by molar-refractivity contribution is 1.00. The van der Waals surface area contributed by atoms with Crippen molar-refractivity contribution in [3.8, 4) is 0 Å². The molecule has 0 fully saturated rings. The van der Waals surface area contributed by atoms with Crippen molar-refractivity contribution < 1.29 is 0 Å². The summed E-state index contributed by atoms with van der Waals surface area (Å²) < 4.78 is 1.80. The molecule has 0 radical (unpaired) electrons. The van der Waals surface area contributed by atoms with Crippen molar-refractivity contribution in [3.05, 3.63) is 48.1 Å². The maximum Gasteiger partial charge on any atom is 0.140 e. The number of hydrogen-bond donors (Lipinski definition) is 1. The fourth-order valence-electron chi connectivity index (χ4n) is 1.90. The van der Waals surface area contributed by atoms with Crippen LogP contribution in [0.1, 0.15) is 0 Å². The Bertz CT molecular complexity index is 761. The van der Waals surface area contributed by atoms with E-state index in [9.17, 15) is 0 Å². The molecule has 3 nitrogen and oxygen atoms in total. The van der Waals surface area contributed by atoms with Crippen LogP contribution in [-0.4, -0.2) is 15.6 Å². The van der Waals surface area contributed by atoms with Gasteiger partial charge in [0.05, 0.1) is 5.52 Å². The zero-order valence-corrected chi connectivity index (χ0v) is 10.2. The monoisotopic (exact) mass is 241 g/mol. The van der Waals surface area contributed by atoms with Crippen LogP contribution in [0.5, 0.6) is 0 Å². The maximum atomic E-state index is 8.22. The number of benzene rings is 1. The first-order chi connectivity index (χ1) is 8.29. The van der Waals surface area contributed by atoms with Crippen LogP contribution in [0, 0.1) is 5.41 Å². The van der Waals surface area contributed by atoms with Crippen LogP contribution < -0.4 is 5.49 Å². The average Bonchev–Trinajstić information content (AvgIpc) is 2.39. The normalized spacial score (nSPS) is 11.1. The summed E-state index contributed by atoms with van der Waals surface area (Å²) in [4.78, 5) is 5.70. The molecule has 0 bridgehead atoms. The van der Waals surface area contributed by atoms with Gasteiger partial charge < -0.3 is 0 Å². The lowest BCUT2D eigenvalue weighted by Gasteiger charge is -2.05. The fourth-order valence-corrected chi connectivity index (χ4v) is 2.34. The highest BCUT2D eigenvalue weighted by Crippen LogP contribution is 2.18. The van der Waals surface area contributed by atoms with Crippen LogP contribution in [0.15, 0.2) is 47.5 Å². The molecule has 4 heteroatoms. The van der Waals surface area contributed by atoms with Crippen molar-refractivity contribution in [2.75, 3.05) is 6.26 Å². The summed E-state index contributed by atoms with van der Waals surface area (Å²) in [7, 11) is 0. The molecule has 1 aromatic carbocycles. The quantitative estimate of drug-likeness (QED) is 0.525. The Morgan fingerprint density at radius 1 is 1.24 bits per heavy atom. The lowest BCUT2D eigenvalue weighted by Crippen LogP contribution is -2.14. The first kappa shape index (κ1) is 10.4. The van der Waals surface area contributed by atoms with Gasteiger partial charge in [0.1, 0.15) is 11.1 Å². The SMILES string of the molecule is CSc1ccc2nc3ccccn3c(=N)c2c1. The summed E-state index contributed by atoms with van der Waals surface area (Å²) >= 11 is 1.68. The van der Waals surface area contributed by atoms with E-state index in [1.165, 1.54) is 0 Å². The van der Waals surface area contributed by atoms with Crippen LogP contribution in [-0.2, 0) is 0 Å². The molecular formula is C13H11N3S. The fraction of sp³-hybridized carbons (Fsp3) is 0.0769. The number of nitrogens with one attached hydrogen (secondary N) is 1. The standard InChI is InChI=1S/C13H11N3S/c1-17-9-5-6-11-10(8-9)13(14)16-7-3-2-4-12(16)15-11/h2-8,14H,1H3. The van der Waals surface area contributed by atoms with E-state index in [-0.39, 0.29) is 0 Å². The second-order valence-corrected chi connectivity index (χ2v) is 4.65. The van der Waals surface area contributed by atoms with Gasteiger partial charge in [-0.05, 0) is 36.6 Å². The number of pyridine rings is 1. The molecular weight excluding hydrogens is 230 g/mol. The Labute approximate surface area is 103 Å². The van der Waals surface area contributed by atoms with E-state index in [1.54, 1.807) is 16.2 Å². The van der Waals surface area contributed by atoms with E-state index in [2.05, 4.69) is 4.98 Å². The minimum absolute atomic E-state index is 0.488. The molecule has 0 aliphatic carbocycles. The average molecular weight is 241 g/mol. The van der Waals surface area contributed by atoms with Gasteiger partial charge >= 0.3 is 0 Å². The van der Waals surface area contributed by atoms with Gasteiger partial charge in [0, 0.05) is 16.5 Å².